The highest BCUT2D eigenvalue weighted by Gasteiger charge is 2.09. The van der Waals surface area contributed by atoms with Crippen LogP contribution in [0.5, 0.6) is 5.75 Å². The molecule has 0 spiro atoms. The number of nitrogens with one attached hydrogen (secondary N) is 1. The van der Waals surface area contributed by atoms with Crippen LogP contribution in [-0.2, 0) is 12.8 Å². The first-order valence-corrected chi connectivity index (χ1v) is 13.7. The highest BCUT2D eigenvalue weighted by Crippen LogP contribution is 2.32. The van der Waals surface area contributed by atoms with Gasteiger partial charge in [0.15, 0.2) is 0 Å². The molecule has 2 nitrogen and oxygen atoms in total. The zero-order valence-electron chi connectivity index (χ0n) is 21.3. The topological polar surface area (TPSA) is 21.3 Å². The minimum Gasteiger partial charge on any atom is -0.493 e. The summed E-state index contributed by atoms with van der Waals surface area (Å²) in [6, 6.07) is 11.1. The lowest BCUT2D eigenvalue weighted by Crippen LogP contribution is -2.16. The Morgan fingerprint density at radius 2 is 1.22 bits per heavy atom. The minimum atomic E-state index is 0.838. The molecular formula is C30H49NO. The molecule has 2 heteroatoms. The summed E-state index contributed by atoms with van der Waals surface area (Å²) >= 11 is 0. The van der Waals surface area contributed by atoms with Crippen molar-refractivity contribution < 1.29 is 4.74 Å². The monoisotopic (exact) mass is 439 g/mol. The van der Waals surface area contributed by atoms with Crippen molar-refractivity contribution in [2.24, 2.45) is 0 Å². The molecule has 0 aromatic heterocycles. The normalized spacial score (nSPS) is 11.3. The van der Waals surface area contributed by atoms with Gasteiger partial charge in [0.05, 0.1) is 6.61 Å². The average Bonchev–Trinajstić information content (AvgIpc) is 2.83. The minimum absolute atomic E-state index is 0.838. The molecular weight excluding hydrogens is 390 g/mol. The Morgan fingerprint density at radius 1 is 0.625 bits per heavy atom. The molecule has 0 saturated carbocycles. The first-order chi connectivity index (χ1) is 15.8. The van der Waals surface area contributed by atoms with Gasteiger partial charge in [-0.25, -0.2) is 0 Å². The zero-order valence-corrected chi connectivity index (χ0v) is 21.3. The fraction of sp³-hybridized carbons (Fsp3) is 0.667. The van der Waals surface area contributed by atoms with Gasteiger partial charge in [-0.2, -0.15) is 0 Å². The summed E-state index contributed by atoms with van der Waals surface area (Å²) in [6.07, 6.45) is 18.3. The number of hydrogen-bond donors (Lipinski definition) is 1. The van der Waals surface area contributed by atoms with Crippen LogP contribution in [0, 0.1) is 0 Å². The fourth-order valence-electron chi connectivity index (χ4n) is 4.60. The van der Waals surface area contributed by atoms with E-state index in [0.29, 0.717) is 0 Å². The molecule has 0 unspecified atom stereocenters. The Labute approximate surface area is 198 Å². The smallest absolute Gasteiger partial charge is 0.127 e. The number of hydrogen-bond acceptors (Lipinski definition) is 2. The van der Waals surface area contributed by atoms with Gasteiger partial charge >= 0.3 is 0 Å². The first kappa shape index (κ1) is 26.7. The molecule has 2 aromatic carbocycles. The maximum atomic E-state index is 6.27. The maximum absolute atomic E-state index is 6.27. The van der Waals surface area contributed by atoms with Gasteiger partial charge in [0.1, 0.15) is 5.75 Å². The molecule has 2 rings (SSSR count). The second kappa shape index (κ2) is 17.0. The summed E-state index contributed by atoms with van der Waals surface area (Å²) < 4.78 is 6.27. The molecule has 0 aliphatic rings. The van der Waals surface area contributed by atoms with E-state index < -0.39 is 0 Å². The van der Waals surface area contributed by atoms with Crippen LogP contribution in [0.15, 0.2) is 30.3 Å². The van der Waals surface area contributed by atoms with E-state index in [4.69, 9.17) is 4.74 Å². The summed E-state index contributed by atoms with van der Waals surface area (Å²) in [5.41, 5.74) is 2.83. The van der Waals surface area contributed by atoms with Crippen LogP contribution in [0.2, 0.25) is 0 Å². The van der Waals surface area contributed by atoms with E-state index in [9.17, 15) is 0 Å². The molecule has 0 saturated heterocycles. The molecule has 0 radical (unpaired) electrons. The molecule has 32 heavy (non-hydrogen) atoms. The van der Waals surface area contributed by atoms with Crippen molar-refractivity contribution in [3.05, 3.63) is 41.5 Å². The number of rotatable bonds is 19. The predicted molar refractivity (Wildman–Crippen MR) is 142 cm³/mol. The van der Waals surface area contributed by atoms with E-state index in [1.807, 2.05) is 0 Å². The maximum Gasteiger partial charge on any atom is 0.127 e. The van der Waals surface area contributed by atoms with Crippen LogP contribution < -0.4 is 10.1 Å². The van der Waals surface area contributed by atoms with E-state index >= 15 is 0 Å². The molecule has 1 N–H and O–H groups in total. The number of fused-ring (bicyclic) bond motifs is 1. The molecule has 0 bridgehead atoms. The molecule has 0 heterocycles. The Balaban J connectivity index is 1.53. The van der Waals surface area contributed by atoms with E-state index in [0.717, 1.165) is 31.6 Å². The number of unbranched alkanes of at least 4 members (excludes halogenated alkanes) is 10. The van der Waals surface area contributed by atoms with Crippen LogP contribution in [0.1, 0.15) is 109 Å². The summed E-state index contributed by atoms with van der Waals surface area (Å²) in [7, 11) is 0. The lowest BCUT2D eigenvalue weighted by molar-refractivity contribution is 0.307. The van der Waals surface area contributed by atoms with Gasteiger partial charge in [0.2, 0.25) is 0 Å². The van der Waals surface area contributed by atoms with E-state index in [-0.39, 0.29) is 0 Å². The van der Waals surface area contributed by atoms with Gasteiger partial charge in [-0.3, -0.25) is 0 Å². The quantitative estimate of drug-likeness (QED) is 0.221. The fourth-order valence-corrected chi connectivity index (χ4v) is 4.60. The summed E-state index contributed by atoms with van der Waals surface area (Å²) in [5, 5.41) is 6.25. The van der Waals surface area contributed by atoms with Crippen molar-refractivity contribution in [3.8, 4) is 5.75 Å². The lowest BCUT2D eigenvalue weighted by Gasteiger charge is -2.14. The summed E-state index contributed by atoms with van der Waals surface area (Å²) in [5.74, 6) is 1.08. The predicted octanol–water partition coefficient (Wildman–Crippen LogP) is 8.63. The third kappa shape index (κ3) is 9.53. The summed E-state index contributed by atoms with van der Waals surface area (Å²) in [4.78, 5) is 0. The molecule has 0 aliphatic carbocycles. The number of ether oxygens (including phenoxy) is 1. The molecule has 180 valence electrons. The Morgan fingerprint density at radius 3 is 1.88 bits per heavy atom. The van der Waals surface area contributed by atoms with Crippen LogP contribution in [0.4, 0.5) is 0 Å². The van der Waals surface area contributed by atoms with Crippen molar-refractivity contribution >= 4 is 10.8 Å². The second-order valence-electron chi connectivity index (χ2n) is 9.26. The number of aryl methyl sites for hydroxylation is 2. The molecule has 0 amide bonds. The second-order valence-corrected chi connectivity index (χ2v) is 9.26. The standard InChI is InChI=1S/C30H49NO/c1-4-7-23-31-24-16-14-12-10-8-9-11-13-15-17-25-32-29-20-18-19-28-26(5-2)21-22-27(6-3)30(28)29/h18-22,31H,4-17,23-25H2,1-3H3. The summed E-state index contributed by atoms with van der Waals surface area (Å²) in [6.45, 7) is 9.98. The van der Waals surface area contributed by atoms with Gasteiger partial charge in [0.25, 0.3) is 0 Å². The third-order valence-electron chi connectivity index (χ3n) is 6.65. The SMILES string of the molecule is CCCCNCCCCCCCCCCCCOc1cccc2c(CC)ccc(CC)c12. The largest absolute Gasteiger partial charge is 0.493 e. The van der Waals surface area contributed by atoms with Crippen molar-refractivity contribution in [1.82, 2.24) is 5.32 Å². The third-order valence-corrected chi connectivity index (χ3v) is 6.65. The number of benzene rings is 2. The van der Waals surface area contributed by atoms with Gasteiger partial charge in [0, 0.05) is 5.39 Å². The van der Waals surface area contributed by atoms with Gasteiger partial charge in [-0.05, 0) is 67.8 Å². The average molecular weight is 440 g/mol. The van der Waals surface area contributed by atoms with Crippen LogP contribution >= 0.6 is 0 Å². The van der Waals surface area contributed by atoms with Crippen LogP contribution in [-0.4, -0.2) is 19.7 Å². The van der Waals surface area contributed by atoms with Crippen molar-refractivity contribution in [2.45, 2.75) is 111 Å². The van der Waals surface area contributed by atoms with E-state index in [2.05, 4.69) is 56.4 Å². The Bertz CT molecular complexity index is 739. The molecule has 0 fully saturated rings. The zero-order chi connectivity index (χ0) is 22.9. The van der Waals surface area contributed by atoms with Crippen molar-refractivity contribution in [3.63, 3.8) is 0 Å². The lowest BCUT2D eigenvalue weighted by atomic mass is 9.96. The van der Waals surface area contributed by atoms with E-state index in [1.54, 1.807) is 0 Å². The molecule has 0 aliphatic heterocycles. The van der Waals surface area contributed by atoms with Gasteiger partial charge in [-0.1, -0.05) is 103 Å². The highest BCUT2D eigenvalue weighted by atomic mass is 16.5. The van der Waals surface area contributed by atoms with Gasteiger partial charge < -0.3 is 10.1 Å². The van der Waals surface area contributed by atoms with Crippen molar-refractivity contribution in [1.29, 1.82) is 0 Å². The molecule has 2 aromatic rings. The van der Waals surface area contributed by atoms with Crippen LogP contribution in [0.3, 0.4) is 0 Å². The van der Waals surface area contributed by atoms with Crippen LogP contribution in [0.25, 0.3) is 10.8 Å². The van der Waals surface area contributed by atoms with Crippen molar-refractivity contribution in [2.75, 3.05) is 19.7 Å². The molecule has 0 atom stereocenters. The highest BCUT2D eigenvalue weighted by molar-refractivity contribution is 5.93. The Kier molecular flexibility index (Phi) is 14.2. The van der Waals surface area contributed by atoms with Gasteiger partial charge in [-0.15, -0.1) is 0 Å². The Hall–Kier alpha value is -1.54. The van der Waals surface area contributed by atoms with E-state index in [1.165, 1.54) is 106 Å². The first-order valence-electron chi connectivity index (χ1n) is 13.7.